The highest BCUT2D eigenvalue weighted by Gasteiger charge is 2.28. The van der Waals surface area contributed by atoms with E-state index in [1.165, 1.54) is 18.2 Å². The zero-order chi connectivity index (χ0) is 41.6. The van der Waals surface area contributed by atoms with E-state index in [1.807, 2.05) is 50.8 Å². The minimum atomic E-state index is -4.41. The number of halogens is 1. The molecule has 3 aromatic carbocycles. The van der Waals surface area contributed by atoms with Crippen molar-refractivity contribution in [3.8, 4) is 11.5 Å². The van der Waals surface area contributed by atoms with E-state index in [0.29, 0.717) is 26.2 Å². The Morgan fingerprint density at radius 3 is 2.32 bits per heavy atom. The van der Waals surface area contributed by atoms with Crippen LogP contribution in [0.25, 0.3) is 10.9 Å². The molecular formula is C44H57ClN4O7S. The molecule has 1 aliphatic heterocycles. The van der Waals surface area contributed by atoms with Gasteiger partial charge in [0, 0.05) is 60.8 Å². The van der Waals surface area contributed by atoms with Crippen molar-refractivity contribution in [3.05, 3.63) is 87.1 Å². The molecule has 1 aromatic heterocycles. The quantitative estimate of drug-likeness (QED) is 0.160. The number of aryl methyl sites for hydroxylation is 4. The zero-order valence-corrected chi connectivity index (χ0v) is 36.1. The van der Waals surface area contributed by atoms with Gasteiger partial charge in [0.2, 0.25) is 5.91 Å². The van der Waals surface area contributed by atoms with Crippen molar-refractivity contribution >= 4 is 50.2 Å². The molecule has 1 N–H and O–H groups in total. The van der Waals surface area contributed by atoms with Crippen LogP contribution in [0.1, 0.15) is 103 Å². The Morgan fingerprint density at radius 1 is 0.982 bits per heavy atom. The van der Waals surface area contributed by atoms with Crippen molar-refractivity contribution in [2.24, 2.45) is 5.92 Å². The van der Waals surface area contributed by atoms with Gasteiger partial charge in [-0.05, 0) is 118 Å². The number of nitrogens with zero attached hydrogens (tertiary/aromatic N) is 3. The number of benzene rings is 3. The molecule has 57 heavy (non-hydrogen) atoms. The Kier molecular flexibility index (Phi) is 14.4. The van der Waals surface area contributed by atoms with Crippen LogP contribution in [0.4, 0.5) is 0 Å². The van der Waals surface area contributed by atoms with Gasteiger partial charge in [-0.25, -0.2) is 13.1 Å². The maximum absolute atomic E-state index is 13.8. The molecule has 0 saturated carbocycles. The molecule has 0 aliphatic carbocycles. The van der Waals surface area contributed by atoms with Crippen molar-refractivity contribution in [1.82, 2.24) is 19.1 Å². The van der Waals surface area contributed by atoms with Crippen LogP contribution >= 0.6 is 11.6 Å². The maximum Gasteiger partial charge on any atom is 0.265 e. The molecule has 1 atom stereocenters. The van der Waals surface area contributed by atoms with Gasteiger partial charge in [0.25, 0.3) is 21.8 Å². The van der Waals surface area contributed by atoms with E-state index >= 15 is 0 Å². The van der Waals surface area contributed by atoms with Gasteiger partial charge in [0.05, 0.1) is 23.1 Å². The smallest absolute Gasteiger partial charge is 0.265 e. The summed E-state index contributed by atoms with van der Waals surface area (Å²) in [5.74, 6) is -0.160. The molecule has 5 rings (SSSR count). The first-order valence-corrected chi connectivity index (χ1v) is 21.8. The number of hydrogen-bond donors (Lipinski definition) is 1. The van der Waals surface area contributed by atoms with Crippen LogP contribution in [-0.2, 0) is 27.8 Å². The average Bonchev–Trinajstić information content (AvgIpc) is 3.43. The molecule has 0 saturated heterocycles. The normalized spacial score (nSPS) is 16.0. The summed E-state index contributed by atoms with van der Waals surface area (Å²) < 4.78 is 44.3. The van der Waals surface area contributed by atoms with E-state index in [2.05, 4.69) is 23.1 Å². The number of hydrogen-bond acceptors (Lipinski definition) is 7. The van der Waals surface area contributed by atoms with Gasteiger partial charge in [-0.3, -0.25) is 14.4 Å². The van der Waals surface area contributed by atoms with Crippen LogP contribution in [0.5, 0.6) is 11.5 Å². The molecule has 2 heterocycles. The van der Waals surface area contributed by atoms with Gasteiger partial charge < -0.3 is 23.8 Å². The number of amides is 3. The number of aromatic nitrogens is 1. The Morgan fingerprint density at radius 2 is 1.67 bits per heavy atom. The van der Waals surface area contributed by atoms with Gasteiger partial charge in [-0.1, -0.05) is 45.2 Å². The molecule has 0 radical (unpaired) electrons. The Labute approximate surface area is 342 Å². The van der Waals surface area contributed by atoms with Gasteiger partial charge in [0.15, 0.2) is 0 Å². The molecule has 3 amide bonds. The summed E-state index contributed by atoms with van der Waals surface area (Å²) in [6.07, 6.45) is 4.87. The summed E-state index contributed by atoms with van der Waals surface area (Å²) in [5.41, 5.74) is 5.30. The van der Waals surface area contributed by atoms with Crippen LogP contribution in [0, 0.1) is 26.7 Å². The fourth-order valence-electron chi connectivity index (χ4n) is 7.70. The zero-order valence-electron chi connectivity index (χ0n) is 34.5. The molecule has 4 aromatic rings. The topological polar surface area (TPSA) is 127 Å². The predicted molar refractivity (Wildman–Crippen MR) is 225 cm³/mol. The fraction of sp³-hybridized carbons (Fsp3) is 0.477. The maximum atomic E-state index is 13.8. The first-order chi connectivity index (χ1) is 27.0. The van der Waals surface area contributed by atoms with Crippen molar-refractivity contribution in [1.29, 1.82) is 0 Å². The molecular weight excluding hydrogens is 764 g/mol. The second-order valence-corrected chi connectivity index (χ2v) is 17.5. The van der Waals surface area contributed by atoms with Crippen molar-refractivity contribution in [2.75, 3.05) is 33.4 Å². The highest BCUT2D eigenvalue weighted by molar-refractivity contribution is 7.90. The number of carbonyl (C=O) groups excluding carboxylic acids is 3. The molecule has 0 spiro atoms. The Hall–Kier alpha value is -4.55. The van der Waals surface area contributed by atoms with Crippen molar-refractivity contribution < 1.29 is 32.3 Å². The predicted octanol–water partition coefficient (Wildman–Crippen LogP) is 8.27. The molecule has 0 bridgehead atoms. The lowest BCUT2D eigenvalue weighted by Gasteiger charge is -2.34. The molecule has 0 fully saturated rings. The highest BCUT2D eigenvalue weighted by Crippen LogP contribution is 2.30. The second kappa shape index (κ2) is 18.8. The number of fused-ring (bicyclic) bond motifs is 2. The van der Waals surface area contributed by atoms with Gasteiger partial charge in [0.1, 0.15) is 18.1 Å². The van der Waals surface area contributed by atoms with E-state index in [4.69, 9.17) is 21.1 Å². The lowest BCUT2D eigenvalue weighted by molar-refractivity contribution is -0.133. The lowest BCUT2D eigenvalue weighted by atomic mass is 10.0. The third-order valence-corrected chi connectivity index (χ3v) is 12.9. The van der Waals surface area contributed by atoms with E-state index in [0.717, 1.165) is 82.6 Å². The third kappa shape index (κ3) is 10.1. The number of carbonyl (C=O) groups is 3. The minimum Gasteiger partial charge on any atom is -0.494 e. The highest BCUT2D eigenvalue weighted by atomic mass is 35.5. The van der Waals surface area contributed by atoms with Crippen molar-refractivity contribution in [2.45, 2.75) is 104 Å². The van der Waals surface area contributed by atoms with Crippen molar-refractivity contribution in [3.63, 3.8) is 0 Å². The summed E-state index contributed by atoms with van der Waals surface area (Å²) in [6.45, 7) is 16.0. The van der Waals surface area contributed by atoms with E-state index in [1.54, 1.807) is 31.0 Å². The SMILES string of the molecule is CCc1c(C)n(CCCOc2cc(C)c(Cl)c(C)c2)c2ccc(C(=O)NS(=O)(=O)c3ccc4c(c3)C(=O)N(C)CCCCCCN(C(C)=O)[C@@H](C(C)C)CO4)cc12. The van der Waals surface area contributed by atoms with Crippen LogP contribution < -0.4 is 14.2 Å². The average molecular weight is 821 g/mol. The third-order valence-electron chi connectivity index (χ3n) is 11.0. The van der Waals surface area contributed by atoms with Gasteiger partial charge >= 0.3 is 0 Å². The fourth-order valence-corrected chi connectivity index (χ4v) is 8.81. The Bertz CT molecular complexity index is 2210. The van der Waals surface area contributed by atoms with E-state index in [9.17, 15) is 22.8 Å². The van der Waals surface area contributed by atoms with Crippen LogP contribution in [0.3, 0.4) is 0 Å². The minimum absolute atomic E-state index is 0.0446. The molecule has 1 aliphatic rings. The van der Waals surface area contributed by atoms with Gasteiger partial charge in [-0.15, -0.1) is 0 Å². The number of sulfonamides is 1. The largest absolute Gasteiger partial charge is 0.494 e. The molecule has 0 unspecified atom stereocenters. The number of ether oxygens (including phenoxy) is 2. The summed E-state index contributed by atoms with van der Waals surface area (Å²) in [5, 5.41) is 1.62. The van der Waals surface area contributed by atoms with E-state index in [-0.39, 0.29) is 46.2 Å². The number of nitrogens with one attached hydrogen (secondary N) is 1. The summed E-state index contributed by atoms with van der Waals surface area (Å²) in [4.78, 5) is 43.3. The first-order valence-electron chi connectivity index (χ1n) is 19.9. The summed E-state index contributed by atoms with van der Waals surface area (Å²) in [7, 11) is -2.73. The first kappa shape index (κ1) is 43.6. The van der Waals surface area contributed by atoms with Gasteiger partial charge in [-0.2, -0.15) is 0 Å². The lowest BCUT2D eigenvalue weighted by Crippen LogP contribution is -2.46. The van der Waals surface area contributed by atoms with E-state index < -0.39 is 21.8 Å². The van der Waals surface area contributed by atoms with Crippen LogP contribution in [-0.4, -0.2) is 79.9 Å². The molecule has 13 heteroatoms. The number of rotatable bonds is 10. The Balaban J connectivity index is 1.36. The molecule has 11 nitrogen and oxygen atoms in total. The summed E-state index contributed by atoms with van der Waals surface area (Å²) >= 11 is 6.32. The monoisotopic (exact) mass is 820 g/mol. The van der Waals surface area contributed by atoms with Crippen LogP contribution in [0.2, 0.25) is 5.02 Å². The standard InChI is InChI=1S/C44H57ClN4O7S/c1-9-36-31(6)48(21-14-22-55-34-23-29(4)42(45)30(5)24-34)39-17-15-33(25-37(36)39)43(51)46-57(53,54)35-16-18-41-38(26-35)44(52)47(8)19-12-10-11-13-20-49(32(7)50)40(27-56-41)28(2)3/h15-18,23-26,28,40H,9-14,19-22,27H2,1-8H3,(H,46,51)/t40-/m1/s1. The second-order valence-electron chi connectivity index (χ2n) is 15.4. The van der Waals surface area contributed by atoms with Crippen LogP contribution in [0.15, 0.2) is 53.4 Å². The summed E-state index contributed by atoms with van der Waals surface area (Å²) in [6, 6.07) is 12.9. The molecule has 308 valence electrons.